The van der Waals surface area contributed by atoms with Gasteiger partial charge in [0.05, 0.1) is 11.8 Å². The van der Waals surface area contributed by atoms with Crippen LogP contribution in [0, 0.1) is 0 Å². The van der Waals surface area contributed by atoms with Crippen molar-refractivity contribution in [2.45, 2.75) is 25.3 Å². The van der Waals surface area contributed by atoms with E-state index in [0.717, 1.165) is 36.8 Å². The van der Waals surface area contributed by atoms with Crippen LogP contribution in [0.15, 0.2) is 30.3 Å². The number of carbonyl (C=O) groups is 2. The van der Waals surface area contributed by atoms with E-state index in [2.05, 4.69) is 12.1 Å². The van der Waals surface area contributed by atoms with Crippen LogP contribution in [-0.4, -0.2) is 57.5 Å². The second kappa shape index (κ2) is 8.11. The lowest BCUT2D eigenvalue weighted by atomic mass is 10.1. The quantitative estimate of drug-likeness (QED) is 0.818. The van der Waals surface area contributed by atoms with Crippen LogP contribution >= 0.6 is 23.5 Å². The lowest BCUT2D eigenvalue weighted by Gasteiger charge is -2.26. The molecule has 2 aliphatic heterocycles. The summed E-state index contributed by atoms with van der Waals surface area (Å²) in [7, 11) is 0. The molecule has 0 N–H and O–H groups in total. The molecule has 3 rings (SSSR count). The topological polar surface area (TPSA) is 40.6 Å². The second-order valence-corrected chi connectivity index (χ2v) is 7.93. The highest BCUT2D eigenvalue weighted by Gasteiger charge is 2.37. The Bertz CT molecular complexity index is 547. The average molecular weight is 351 g/mol. The Labute approximate surface area is 146 Å². The summed E-state index contributed by atoms with van der Waals surface area (Å²) >= 11 is 3.47. The zero-order valence-corrected chi connectivity index (χ0v) is 14.8. The fraction of sp³-hybridized carbons (Fsp3) is 0.529. The highest BCUT2D eigenvalue weighted by molar-refractivity contribution is 7.99. The number of benzene rings is 1. The molecule has 124 valence electrons. The van der Waals surface area contributed by atoms with Gasteiger partial charge in [-0.25, -0.2) is 0 Å². The third kappa shape index (κ3) is 4.23. The van der Waals surface area contributed by atoms with Crippen LogP contribution < -0.4 is 0 Å². The first-order valence-corrected chi connectivity index (χ1v) is 10.3. The third-order valence-electron chi connectivity index (χ3n) is 4.25. The maximum atomic E-state index is 12.6. The van der Waals surface area contributed by atoms with Crippen molar-refractivity contribution in [2.24, 2.45) is 0 Å². The average Bonchev–Trinajstić information content (AvgIpc) is 3.27. The second-order valence-electron chi connectivity index (χ2n) is 5.86. The van der Waals surface area contributed by atoms with Gasteiger partial charge >= 0.3 is 0 Å². The van der Waals surface area contributed by atoms with E-state index in [1.807, 2.05) is 23.1 Å². The maximum absolute atomic E-state index is 12.6. The van der Waals surface area contributed by atoms with Crippen LogP contribution in [0.4, 0.5) is 0 Å². The van der Waals surface area contributed by atoms with Crippen molar-refractivity contribution in [3.05, 3.63) is 35.9 Å². The molecule has 2 fully saturated rings. The molecule has 1 atom stereocenters. The van der Waals surface area contributed by atoms with E-state index in [1.165, 1.54) is 5.56 Å². The van der Waals surface area contributed by atoms with Crippen molar-refractivity contribution in [3.63, 3.8) is 0 Å². The largest absolute Gasteiger partial charge is 0.331 e. The molecule has 0 spiro atoms. The van der Waals surface area contributed by atoms with Crippen LogP contribution in [0.5, 0.6) is 0 Å². The van der Waals surface area contributed by atoms with Gasteiger partial charge in [-0.05, 0) is 18.4 Å². The fourth-order valence-electron chi connectivity index (χ4n) is 2.92. The molecule has 4 nitrogen and oxygen atoms in total. The van der Waals surface area contributed by atoms with E-state index in [-0.39, 0.29) is 17.9 Å². The number of carbonyl (C=O) groups excluding carboxylic acids is 2. The number of aryl methyl sites for hydroxylation is 1. The number of hydrogen-bond acceptors (Lipinski definition) is 4. The van der Waals surface area contributed by atoms with Crippen LogP contribution in [-0.2, 0) is 16.0 Å². The van der Waals surface area contributed by atoms with Crippen LogP contribution in [0.2, 0.25) is 0 Å². The van der Waals surface area contributed by atoms with Crippen molar-refractivity contribution in [1.82, 2.24) is 9.80 Å². The van der Waals surface area contributed by atoms with Gasteiger partial charge in [0.1, 0.15) is 6.04 Å². The number of hydrogen-bond donors (Lipinski definition) is 0. The van der Waals surface area contributed by atoms with Crippen LogP contribution in [0.3, 0.4) is 0 Å². The van der Waals surface area contributed by atoms with Gasteiger partial charge in [-0.2, -0.15) is 0 Å². The summed E-state index contributed by atoms with van der Waals surface area (Å²) in [5.74, 6) is 3.44. The van der Waals surface area contributed by atoms with Gasteiger partial charge in [0.15, 0.2) is 0 Å². The molecule has 0 aliphatic carbocycles. The summed E-state index contributed by atoms with van der Waals surface area (Å²) in [5.41, 5.74) is 1.26. The van der Waals surface area contributed by atoms with Gasteiger partial charge in [0, 0.05) is 24.5 Å². The molecule has 1 aromatic carbocycles. The monoisotopic (exact) mass is 350 g/mol. The highest BCUT2D eigenvalue weighted by atomic mass is 32.2. The molecule has 0 aromatic heterocycles. The van der Waals surface area contributed by atoms with E-state index in [4.69, 9.17) is 0 Å². The number of rotatable bonds is 5. The predicted molar refractivity (Wildman–Crippen MR) is 96.4 cm³/mol. The van der Waals surface area contributed by atoms with Crippen molar-refractivity contribution in [3.8, 4) is 0 Å². The molecule has 2 aliphatic rings. The van der Waals surface area contributed by atoms with Gasteiger partial charge < -0.3 is 9.80 Å². The first-order valence-electron chi connectivity index (χ1n) is 8.03. The molecular weight excluding hydrogens is 328 g/mol. The zero-order valence-electron chi connectivity index (χ0n) is 13.1. The molecule has 23 heavy (non-hydrogen) atoms. The van der Waals surface area contributed by atoms with E-state index in [1.54, 1.807) is 28.4 Å². The van der Waals surface area contributed by atoms with E-state index in [9.17, 15) is 9.59 Å². The van der Waals surface area contributed by atoms with Gasteiger partial charge in [-0.3, -0.25) is 9.59 Å². The Morgan fingerprint density at radius 2 is 1.96 bits per heavy atom. The molecule has 0 bridgehead atoms. The number of thioether (sulfide) groups is 2. The zero-order chi connectivity index (χ0) is 16.1. The van der Waals surface area contributed by atoms with E-state index in [0.29, 0.717) is 12.3 Å². The van der Waals surface area contributed by atoms with Gasteiger partial charge in [0.25, 0.3) is 0 Å². The minimum atomic E-state index is -0.247. The van der Waals surface area contributed by atoms with Gasteiger partial charge in [-0.15, -0.1) is 23.5 Å². The minimum Gasteiger partial charge on any atom is -0.331 e. The van der Waals surface area contributed by atoms with Gasteiger partial charge in [0.2, 0.25) is 11.8 Å². The van der Waals surface area contributed by atoms with Crippen molar-refractivity contribution >= 4 is 35.3 Å². The standard InChI is InChI=1S/C17H22N2O2S2/c20-16(8-4-7-14-5-2-1-3-6-14)19-13-23-11-15(19)17(21)18-9-10-22-12-18/h1-3,5-6,15H,4,7-13H2/t15-/m0/s1. The number of nitrogens with zero attached hydrogens (tertiary/aromatic N) is 2. The molecular formula is C17H22N2O2S2. The fourth-order valence-corrected chi connectivity index (χ4v) is 5.05. The van der Waals surface area contributed by atoms with Gasteiger partial charge in [-0.1, -0.05) is 30.3 Å². The summed E-state index contributed by atoms with van der Waals surface area (Å²) in [6, 6.07) is 9.99. The Morgan fingerprint density at radius 1 is 1.13 bits per heavy atom. The molecule has 2 saturated heterocycles. The van der Waals surface area contributed by atoms with Crippen molar-refractivity contribution in [2.75, 3.05) is 29.8 Å². The molecule has 0 radical (unpaired) electrons. The summed E-state index contributed by atoms with van der Waals surface area (Å²) in [6.45, 7) is 0.820. The predicted octanol–water partition coefficient (Wildman–Crippen LogP) is 2.44. The Kier molecular flexibility index (Phi) is 5.89. The smallest absolute Gasteiger partial charge is 0.246 e. The number of amides is 2. The Morgan fingerprint density at radius 3 is 2.70 bits per heavy atom. The summed E-state index contributed by atoms with van der Waals surface area (Å²) < 4.78 is 0. The molecule has 6 heteroatoms. The molecule has 0 unspecified atom stereocenters. The minimum absolute atomic E-state index is 0.121. The summed E-state index contributed by atoms with van der Waals surface area (Å²) in [6.07, 6.45) is 2.27. The molecule has 2 amide bonds. The normalized spacial score (nSPS) is 21.0. The Balaban J connectivity index is 1.50. The maximum Gasteiger partial charge on any atom is 0.246 e. The Hall–Kier alpha value is -1.14. The highest BCUT2D eigenvalue weighted by Crippen LogP contribution is 2.26. The first kappa shape index (κ1) is 16.7. The molecule has 1 aromatic rings. The summed E-state index contributed by atoms with van der Waals surface area (Å²) in [4.78, 5) is 28.8. The van der Waals surface area contributed by atoms with Crippen molar-refractivity contribution in [1.29, 1.82) is 0 Å². The lowest BCUT2D eigenvalue weighted by Crippen LogP contribution is -2.48. The summed E-state index contributed by atoms with van der Waals surface area (Å²) in [5, 5.41) is 0. The molecule has 0 saturated carbocycles. The van der Waals surface area contributed by atoms with Crippen LogP contribution in [0.1, 0.15) is 18.4 Å². The van der Waals surface area contributed by atoms with E-state index < -0.39 is 0 Å². The molecule has 2 heterocycles. The first-order chi connectivity index (χ1) is 11.3. The third-order valence-corrected chi connectivity index (χ3v) is 6.23. The SMILES string of the molecule is O=C([C@@H]1CSCN1C(=O)CCCc1ccccc1)N1CCSC1. The lowest BCUT2D eigenvalue weighted by molar-refractivity contribution is -0.142. The van der Waals surface area contributed by atoms with E-state index >= 15 is 0 Å². The van der Waals surface area contributed by atoms with Crippen molar-refractivity contribution < 1.29 is 9.59 Å². The van der Waals surface area contributed by atoms with Crippen LogP contribution in [0.25, 0.3) is 0 Å².